The average molecular weight is 258 g/mol. The molecule has 0 N–H and O–H groups in total. The van der Waals surface area contributed by atoms with E-state index in [-0.39, 0.29) is 0 Å². The van der Waals surface area contributed by atoms with E-state index in [4.69, 9.17) is 0 Å². The van der Waals surface area contributed by atoms with E-state index in [1.54, 1.807) is 11.3 Å². The van der Waals surface area contributed by atoms with Crippen molar-refractivity contribution < 1.29 is 0 Å². The molecule has 2 heterocycles. The molecule has 2 nitrogen and oxygen atoms in total. The van der Waals surface area contributed by atoms with Gasteiger partial charge in [0, 0.05) is 30.6 Å². The van der Waals surface area contributed by atoms with E-state index >= 15 is 0 Å². The molecule has 0 spiro atoms. The maximum Gasteiger partial charge on any atom is 0.185 e. The Morgan fingerprint density at radius 3 is 2.72 bits per heavy atom. The minimum Gasteiger partial charge on any atom is -0.347 e. The third kappa shape index (κ3) is 2.03. The van der Waals surface area contributed by atoms with Crippen molar-refractivity contribution in [3.63, 3.8) is 0 Å². The molecule has 2 aromatic rings. The van der Waals surface area contributed by atoms with Crippen LogP contribution in [-0.4, -0.2) is 18.1 Å². The monoisotopic (exact) mass is 258 g/mol. The van der Waals surface area contributed by atoms with Gasteiger partial charge in [-0.05, 0) is 11.0 Å². The van der Waals surface area contributed by atoms with Crippen molar-refractivity contribution >= 4 is 16.5 Å². The van der Waals surface area contributed by atoms with Crippen LogP contribution in [-0.2, 0) is 0 Å². The lowest BCUT2D eigenvalue weighted by molar-refractivity contribution is 0.365. The second-order valence-corrected chi connectivity index (χ2v) is 6.52. The summed E-state index contributed by atoms with van der Waals surface area (Å²) in [4.78, 5) is 6.86. The summed E-state index contributed by atoms with van der Waals surface area (Å²) in [7, 11) is 0. The Balaban J connectivity index is 1.88. The predicted molar refractivity (Wildman–Crippen MR) is 77.3 cm³/mol. The molecule has 0 radical (unpaired) electrons. The van der Waals surface area contributed by atoms with Gasteiger partial charge in [-0.3, -0.25) is 0 Å². The van der Waals surface area contributed by atoms with Gasteiger partial charge >= 0.3 is 0 Å². The number of nitrogens with zero attached hydrogens (tertiary/aromatic N) is 2. The number of anilines is 1. The Kier molecular flexibility index (Phi) is 2.86. The average Bonchev–Trinajstić information content (AvgIpc) is 2.97. The fourth-order valence-corrected chi connectivity index (χ4v) is 3.55. The molecule has 1 aromatic carbocycles. The van der Waals surface area contributed by atoms with Crippen molar-refractivity contribution in [2.45, 2.75) is 19.8 Å². The molecule has 1 atom stereocenters. The first-order chi connectivity index (χ1) is 8.67. The summed E-state index contributed by atoms with van der Waals surface area (Å²) in [5, 5.41) is 3.21. The fraction of sp³-hybridized carbons (Fsp3) is 0.400. The van der Waals surface area contributed by atoms with Gasteiger partial charge in [0.25, 0.3) is 0 Å². The van der Waals surface area contributed by atoms with Gasteiger partial charge in [-0.2, -0.15) is 0 Å². The summed E-state index contributed by atoms with van der Waals surface area (Å²) < 4.78 is 0. The number of hydrogen-bond acceptors (Lipinski definition) is 3. The van der Waals surface area contributed by atoms with Crippen LogP contribution < -0.4 is 4.90 Å². The number of rotatable bonds is 2. The molecule has 0 saturated carbocycles. The van der Waals surface area contributed by atoms with Gasteiger partial charge in [0.15, 0.2) is 5.13 Å². The van der Waals surface area contributed by atoms with Gasteiger partial charge in [-0.25, -0.2) is 4.98 Å². The van der Waals surface area contributed by atoms with Gasteiger partial charge in [0.2, 0.25) is 0 Å². The number of benzene rings is 1. The van der Waals surface area contributed by atoms with Crippen molar-refractivity contribution in [3.8, 4) is 0 Å². The topological polar surface area (TPSA) is 16.1 Å². The number of thiazole rings is 1. The highest BCUT2D eigenvalue weighted by Gasteiger charge is 2.40. The maximum atomic E-state index is 4.44. The van der Waals surface area contributed by atoms with Crippen LogP contribution in [0.1, 0.15) is 25.3 Å². The highest BCUT2D eigenvalue weighted by molar-refractivity contribution is 7.13. The molecule has 0 unspecified atom stereocenters. The zero-order valence-corrected chi connectivity index (χ0v) is 11.7. The van der Waals surface area contributed by atoms with Crippen molar-refractivity contribution in [3.05, 3.63) is 47.5 Å². The number of hydrogen-bond donors (Lipinski definition) is 0. The minimum absolute atomic E-state index is 0.299. The Morgan fingerprint density at radius 1 is 1.28 bits per heavy atom. The molecule has 0 bridgehead atoms. The van der Waals surface area contributed by atoms with E-state index < -0.39 is 0 Å². The van der Waals surface area contributed by atoms with E-state index in [2.05, 4.69) is 59.4 Å². The molecular weight excluding hydrogens is 240 g/mol. The quantitative estimate of drug-likeness (QED) is 0.815. The summed E-state index contributed by atoms with van der Waals surface area (Å²) in [5.74, 6) is 0.586. The third-order valence-corrected chi connectivity index (χ3v) is 4.67. The third-order valence-electron chi connectivity index (χ3n) is 3.84. The van der Waals surface area contributed by atoms with E-state index in [0.717, 1.165) is 18.2 Å². The summed E-state index contributed by atoms with van der Waals surface area (Å²) in [6, 6.07) is 10.9. The van der Waals surface area contributed by atoms with E-state index in [0.29, 0.717) is 11.3 Å². The molecule has 94 valence electrons. The van der Waals surface area contributed by atoms with Crippen molar-refractivity contribution in [2.75, 3.05) is 18.0 Å². The van der Waals surface area contributed by atoms with Crippen LogP contribution in [0.5, 0.6) is 0 Å². The van der Waals surface area contributed by atoms with Crippen LogP contribution in [0.2, 0.25) is 0 Å². The Bertz CT molecular complexity index is 505. The van der Waals surface area contributed by atoms with Gasteiger partial charge in [-0.15, -0.1) is 11.3 Å². The van der Waals surface area contributed by atoms with Crippen LogP contribution in [0, 0.1) is 5.41 Å². The standard InChI is InChI=1S/C15H18N2S/c1-15(2)11-17(14-16-8-9-18-14)10-13(15)12-6-4-3-5-7-12/h3-9,13H,10-11H2,1-2H3/t13-/m1/s1. The second kappa shape index (κ2) is 4.39. The first-order valence-electron chi connectivity index (χ1n) is 6.36. The Morgan fingerprint density at radius 2 is 2.06 bits per heavy atom. The van der Waals surface area contributed by atoms with Crippen LogP contribution in [0.15, 0.2) is 41.9 Å². The van der Waals surface area contributed by atoms with Crippen LogP contribution in [0.25, 0.3) is 0 Å². The summed E-state index contributed by atoms with van der Waals surface area (Å²) in [6.45, 7) is 6.88. The molecule has 18 heavy (non-hydrogen) atoms. The zero-order chi connectivity index (χ0) is 12.6. The maximum absolute atomic E-state index is 4.44. The molecule has 1 aromatic heterocycles. The van der Waals surface area contributed by atoms with Crippen LogP contribution in [0.4, 0.5) is 5.13 Å². The second-order valence-electron chi connectivity index (χ2n) is 5.65. The summed E-state index contributed by atoms with van der Waals surface area (Å²) in [6.07, 6.45) is 1.89. The van der Waals surface area contributed by atoms with Gasteiger partial charge in [0.1, 0.15) is 0 Å². The molecule has 1 fully saturated rings. The van der Waals surface area contributed by atoms with Crippen molar-refractivity contribution in [1.29, 1.82) is 0 Å². The molecule has 0 amide bonds. The number of aromatic nitrogens is 1. The predicted octanol–water partition coefficient (Wildman–Crippen LogP) is 3.77. The molecule has 3 heteroatoms. The summed E-state index contributed by atoms with van der Waals surface area (Å²) >= 11 is 1.73. The van der Waals surface area contributed by atoms with Crippen LogP contribution >= 0.6 is 11.3 Å². The first kappa shape index (κ1) is 11.7. The largest absolute Gasteiger partial charge is 0.347 e. The van der Waals surface area contributed by atoms with Gasteiger partial charge in [0.05, 0.1) is 0 Å². The van der Waals surface area contributed by atoms with E-state index in [1.165, 1.54) is 5.56 Å². The van der Waals surface area contributed by atoms with Gasteiger partial charge < -0.3 is 4.90 Å². The first-order valence-corrected chi connectivity index (χ1v) is 7.24. The van der Waals surface area contributed by atoms with E-state index in [9.17, 15) is 0 Å². The molecule has 1 aliphatic heterocycles. The van der Waals surface area contributed by atoms with Crippen LogP contribution in [0.3, 0.4) is 0 Å². The van der Waals surface area contributed by atoms with Crippen molar-refractivity contribution in [2.24, 2.45) is 5.41 Å². The molecule has 1 saturated heterocycles. The molecular formula is C15H18N2S. The lowest BCUT2D eigenvalue weighted by atomic mass is 9.78. The molecule has 0 aliphatic carbocycles. The Hall–Kier alpha value is -1.35. The molecule has 3 rings (SSSR count). The molecule has 1 aliphatic rings. The van der Waals surface area contributed by atoms with Gasteiger partial charge in [-0.1, -0.05) is 44.2 Å². The highest BCUT2D eigenvalue weighted by atomic mass is 32.1. The Labute approximate surface area is 112 Å². The zero-order valence-electron chi connectivity index (χ0n) is 10.8. The lowest BCUT2D eigenvalue weighted by Gasteiger charge is -2.25. The fourth-order valence-electron chi connectivity index (χ4n) is 2.89. The van der Waals surface area contributed by atoms with Crippen molar-refractivity contribution in [1.82, 2.24) is 4.98 Å². The smallest absolute Gasteiger partial charge is 0.185 e. The lowest BCUT2D eigenvalue weighted by Crippen LogP contribution is -2.23. The van der Waals surface area contributed by atoms with E-state index in [1.807, 2.05) is 6.20 Å². The SMILES string of the molecule is CC1(C)CN(c2nccs2)C[C@@H]1c1ccccc1. The highest BCUT2D eigenvalue weighted by Crippen LogP contribution is 2.43. The summed E-state index contributed by atoms with van der Waals surface area (Å²) in [5.41, 5.74) is 1.74. The normalized spacial score (nSPS) is 22.3. The minimum atomic E-state index is 0.299.